The fourth-order valence-electron chi connectivity index (χ4n) is 4.18. The molecule has 2 N–H and O–H groups in total. The molecule has 0 spiro atoms. The van der Waals surface area contributed by atoms with Crippen molar-refractivity contribution in [2.45, 2.75) is 39.0 Å². The lowest BCUT2D eigenvalue weighted by Crippen LogP contribution is -2.29. The summed E-state index contributed by atoms with van der Waals surface area (Å²) in [7, 11) is 0. The number of benzene rings is 2. The maximum atomic E-state index is 12.5. The number of unbranched alkanes of at least 4 members (excludes halogenated alkanes) is 3. The summed E-state index contributed by atoms with van der Waals surface area (Å²) in [5.74, 6) is -0.0809. The molecule has 4 nitrogen and oxygen atoms in total. The molecule has 2 heterocycles. The van der Waals surface area contributed by atoms with E-state index in [9.17, 15) is 4.79 Å². The molecule has 0 saturated carbocycles. The van der Waals surface area contributed by atoms with Crippen molar-refractivity contribution in [2.24, 2.45) is 0 Å². The van der Waals surface area contributed by atoms with Crippen LogP contribution >= 0.6 is 0 Å². The maximum Gasteiger partial charge on any atom is 0.255 e. The Balaban J connectivity index is 1.46. The van der Waals surface area contributed by atoms with Crippen LogP contribution in [0.2, 0.25) is 0 Å². The van der Waals surface area contributed by atoms with E-state index in [-0.39, 0.29) is 5.91 Å². The highest BCUT2D eigenvalue weighted by Gasteiger charge is 2.16. The minimum atomic E-state index is -0.0809. The Bertz CT molecular complexity index is 1020. The summed E-state index contributed by atoms with van der Waals surface area (Å²) >= 11 is 0. The van der Waals surface area contributed by atoms with Crippen molar-refractivity contribution in [2.75, 3.05) is 25.0 Å². The third-order valence-electron chi connectivity index (χ3n) is 5.94. The molecule has 156 valence electrons. The van der Waals surface area contributed by atoms with Gasteiger partial charge in [-0.2, -0.15) is 0 Å². The van der Waals surface area contributed by atoms with Crippen LogP contribution in [0.25, 0.3) is 16.5 Å². The fraction of sp³-hybridized carbons (Fsp3) is 0.346. The van der Waals surface area contributed by atoms with Gasteiger partial charge in [0.1, 0.15) is 0 Å². The molecule has 0 fully saturated rings. The Morgan fingerprint density at radius 3 is 2.73 bits per heavy atom. The van der Waals surface area contributed by atoms with Gasteiger partial charge in [-0.15, -0.1) is 0 Å². The second-order valence-electron chi connectivity index (χ2n) is 8.12. The third kappa shape index (κ3) is 4.82. The molecule has 1 aliphatic heterocycles. The van der Waals surface area contributed by atoms with Crippen LogP contribution in [0.1, 0.15) is 54.9 Å². The number of carbonyl (C=O) groups excluding carboxylic acids is 1. The van der Waals surface area contributed by atoms with Crippen LogP contribution in [0.3, 0.4) is 0 Å². The number of amides is 1. The number of fused-ring (bicyclic) bond motifs is 1. The molecule has 0 aliphatic carbocycles. The van der Waals surface area contributed by atoms with E-state index in [4.69, 9.17) is 0 Å². The number of rotatable bonds is 8. The van der Waals surface area contributed by atoms with E-state index >= 15 is 0 Å². The van der Waals surface area contributed by atoms with Crippen molar-refractivity contribution >= 4 is 28.1 Å². The first-order chi connectivity index (χ1) is 14.7. The molecule has 3 aromatic rings. The summed E-state index contributed by atoms with van der Waals surface area (Å²) in [5, 5.41) is 4.20. The fourth-order valence-corrected chi connectivity index (χ4v) is 4.18. The minimum Gasteiger partial charge on any atom is -0.361 e. The van der Waals surface area contributed by atoms with Gasteiger partial charge in [-0.1, -0.05) is 50.5 Å². The first-order valence-corrected chi connectivity index (χ1v) is 11.1. The van der Waals surface area contributed by atoms with Gasteiger partial charge < -0.3 is 10.3 Å². The van der Waals surface area contributed by atoms with E-state index in [0.717, 1.165) is 30.7 Å². The van der Waals surface area contributed by atoms with Crippen LogP contribution < -0.4 is 5.32 Å². The van der Waals surface area contributed by atoms with Gasteiger partial charge in [-0.25, -0.2) is 0 Å². The van der Waals surface area contributed by atoms with Crippen LogP contribution in [-0.2, 0) is 0 Å². The molecule has 1 aliphatic rings. The molecule has 0 bridgehead atoms. The highest BCUT2D eigenvalue weighted by molar-refractivity contribution is 6.05. The van der Waals surface area contributed by atoms with E-state index in [2.05, 4.69) is 40.5 Å². The summed E-state index contributed by atoms with van der Waals surface area (Å²) < 4.78 is 0. The van der Waals surface area contributed by atoms with Gasteiger partial charge in [0.2, 0.25) is 0 Å². The van der Waals surface area contributed by atoms with E-state index in [1.165, 1.54) is 48.8 Å². The van der Waals surface area contributed by atoms with E-state index in [0.29, 0.717) is 5.56 Å². The number of carbonyl (C=O) groups is 1. The summed E-state index contributed by atoms with van der Waals surface area (Å²) in [5.41, 5.74) is 5.25. The number of aromatic nitrogens is 1. The Morgan fingerprint density at radius 2 is 1.97 bits per heavy atom. The van der Waals surface area contributed by atoms with E-state index in [1.54, 1.807) is 0 Å². The van der Waals surface area contributed by atoms with Crippen molar-refractivity contribution in [1.29, 1.82) is 0 Å². The molecule has 30 heavy (non-hydrogen) atoms. The summed E-state index contributed by atoms with van der Waals surface area (Å²) in [6, 6.07) is 15.4. The average molecular weight is 402 g/mol. The lowest BCUT2D eigenvalue weighted by molar-refractivity contribution is 0.102. The van der Waals surface area contributed by atoms with Crippen LogP contribution in [0.5, 0.6) is 0 Å². The smallest absolute Gasteiger partial charge is 0.255 e. The maximum absolute atomic E-state index is 12.5. The van der Waals surface area contributed by atoms with Crippen LogP contribution in [0, 0.1) is 0 Å². The van der Waals surface area contributed by atoms with Crippen molar-refractivity contribution < 1.29 is 4.79 Å². The van der Waals surface area contributed by atoms with Crippen molar-refractivity contribution in [3.8, 4) is 0 Å². The Morgan fingerprint density at radius 1 is 1.10 bits per heavy atom. The molecule has 0 unspecified atom stereocenters. The minimum absolute atomic E-state index is 0.0809. The number of hydrogen-bond donors (Lipinski definition) is 2. The zero-order chi connectivity index (χ0) is 20.8. The Hall–Kier alpha value is -2.85. The monoisotopic (exact) mass is 401 g/mol. The predicted molar refractivity (Wildman–Crippen MR) is 126 cm³/mol. The quantitative estimate of drug-likeness (QED) is 0.449. The molecule has 1 amide bonds. The molecule has 2 aromatic carbocycles. The van der Waals surface area contributed by atoms with Gasteiger partial charge in [-0.05, 0) is 55.3 Å². The summed E-state index contributed by atoms with van der Waals surface area (Å²) in [4.78, 5) is 18.4. The first-order valence-electron chi connectivity index (χ1n) is 11.1. The lowest BCUT2D eigenvalue weighted by Gasteiger charge is -2.26. The molecule has 4 heteroatoms. The van der Waals surface area contributed by atoms with Crippen LogP contribution in [0.15, 0.2) is 60.8 Å². The largest absolute Gasteiger partial charge is 0.361 e. The molecule has 0 radical (unpaired) electrons. The van der Waals surface area contributed by atoms with Gasteiger partial charge in [0, 0.05) is 47.0 Å². The van der Waals surface area contributed by atoms with E-state index in [1.807, 2.05) is 42.5 Å². The van der Waals surface area contributed by atoms with Gasteiger partial charge >= 0.3 is 0 Å². The number of hydrogen-bond acceptors (Lipinski definition) is 2. The standard InChI is InChI=1S/C26H31N3O/c1-2-3-4-8-15-29-16-13-20(14-17-29)24-19-27-25-12-11-22(18-23(24)25)28-26(30)21-9-6-5-7-10-21/h5-7,9-13,18-19,27H,2-4,8,14-17H2,1H3,(H,28,30). The zero-order valence-corrected chi connectivity index (χ0v) is 17.8. The zero-order valence-electron chi connectivity index (χ0n) is 17.8. The molecule has 0 saturated heterocycles. The number of aromatic amines is 1. The second-order valence-corrected chi connectivity index (χ2v) is 8.12. The highest BCUT2D eigenvalue weighted by atomic mass is 16.1. The number of nitrogens with one attached hydrogen (secondary N) is 2. The number of nitrogens with zero attached hydrogens (tertiary/aromatic N) is 1. The number of anilines is 1. The van der Waals surface area contributed by atoms with Gasteiger partial charge in [0.25, 0.3) is 5.91 Å². The topological polar surface area (TPSA) is 48.1 Å². The molecule has 1 aromatic heterocycles. The lowest BCUT2D eigenvalue weighted by atomic mass is 9.98. The van der Waals surface area contributed by atoms with Crippen molar-refractivity contribution in [3.63, 3.8) is 0 Å². The summed E-state index contributed by atoms with van der Waals surface area (Å²) in [6.07, 6.45) is 10.8. The second kappa shape index (κ2) is 9.77. The Kier molecular flexibility index (Phi) is 6.65. The Labute approximate surface area is 179 Å². The molecular weight excluding hydrogens is 370 g/mol. The molecule has 0 atom stereocenters. The van der Waals surface area contributed by atoms with Gasteiger partial charge in [-0.3, -0.25) is 9.69 Å². The SMILES string of the molecule is CCCCCCN1CC=C(c2c[nH]c3ccc(NC(=O)c4ccccc4)cc23)CC1. The van der Waals surface area contributed by atoms with Gasteiger partial charge in [0.05, 0.1) is 0 Å². The third-order valence-corrected chi connectivity index (χ3v) is 5.94. The predicted octanol–water partition coefficient (Wildman–Crippen LogP) is 6.09. The average Bonchev–Trinajstić information content (AvgIpc) is 3.21. The summed E-state index contributed by atoms with van der Waals surface area (Å²) in [6.45, 7) is 5.61. The van der Waals surface area contributed by atoms with Crippen LogP contribution in [-0.4, -0.2) is 35.4 Å². The molecule has 4 rings (SSSR count). The van der Waals surface area contributed by atoms with Crippen molar-refractivity contribution in [1.82, 2.24) is 9.88 Å². The van der Waals surface area contributed by atoms with Crippen LogP contribution in [0.4, 0.5) is 5.69 Å². The van der Waals surface area contributed by atoms with E-state index < -0.39 is 0 Å². The highest BCUT2D eigenvalue weighted by Crippen LogP contribution is 2.31. The van der Waals surface area contributed by atoms with Gasteiger partial charge in [0.15, 0.2) is 0 Å². The molecular formula is C26H31N3O. The van der Waals surface area contributed by atoms with Crippen molar-refractivity contribution in [3.05, 3.63) is 71.9 Å². The normalized spacial score (nSPS) is 14.6. The number of H-pyrrole nitrogens is 1. The first kappa shape index (κ1) is 20.4.